The van der Waals surface area contributed by atoms with E-state index in [1.54, 1.807) is 6.07 Å². The number of anilines is 1. The number of carbonyl (C=O) groups is 1. The monoisotopic (exact) mass is 304 g/mol. The fourth-order valence-electron chi connectivity index (χ4n) is 1.41. The predicted octanol–water partition coefficient (Wildman–Crippen LogP) is 1.87. The molecule has 0 heterocycles. The van der Waals surface area contributed by atoms with Gasteiger partial charge >= 0.3 is 0 Å². The van der Waals surface area contributed by atoms with Gasteiger partial charge in [-0.1, -0.05) is 11.6 Å². The minimum atomic E-state index is -3.38. The van der Waals surface area contributed by atoms with Crippen LogP contribution in [0.15, 0.2) is 18.2 Å². The number of hydrogen-bond donors (Lipinski definition) is 1. The summed E-state index contributed by atoms with van der Waals surface area (Å²) >= 11 is 5.96. The summed E-state index contributed by atoms with van der Waals surface area (Å²) in [4.78, 5) is 11.9. The fourth-order valence-corrected chi connectivity index (χ4v) is 2.11. The van der Waals surface area contributed by atoms with Crippen molar-refractivity contribution in [3.63, 3.8) is 0 Å². The van der Waals surface area contributed by atoms with Crippen molar-refractivity contribution in [2.75, 3.05) is 17.6 Å². The molecule has 0 fully saturated rings. The van der Waals surface area contributed by atoms with E-state index in [9.17, 15) is 13.2 Å². The summed E-state index contributed by atoms with van der Waals surface area (Å²) in [7, 11) is -1.96. The summed E-state index contributed by atoms with van der Waals surface area (Å²) in [5.41, 5.74) is 0.643. The minimum Gasteiger partial charge on any atom is -0.350 e. The Labute approximate surface area is 118 Å². The lowest BCUT2D eigenvalue weighted by Crippen LogP contribution is -2.31. The van der Waals surface area contributed by atoms with Crippen molar-refractivity contribution in [2.24, 2.45) is 0 Å². The van der Waals surface area contributed by atoms with Crippen molar-refractivity contribution in [2.45, 2.75) is 19.9 Å². The molecule has 7 heteroatoms. The number of sulfonamides is 1. The molecule has 1 aromatic rings. The minimum absolute atomic E-state index is 0.0279. The molecule has 5 nitrogen and oxygen atoms in total. The topological polar surface area (TPSA) is 66.5 Å². The normalized spacial score (nSPS) is 11.5. The van der Waals surface area contributed by atoms with Crippen LogP contribution >= 0.6 is 11.6 Å². The predicted molar refractivity (Wildman–Crippen MR) is 77.3 cm³/mol. The molecule has 1 rings (SSSR count). The molecule has 0 spiro atoms. The highest BCUT2D eigenvalue weighted by Gasteiger charge is 2.17. The lowest BCUT2D eigenvalue weighted by molar-refractivity contribution is 0.0943. The third kappa shape index (κ3) is 4.11. The van der Waals surface area contributed by atoms with Crippen LogP contribution in [0.1, 0.15) is 24.2 Å². The maximum absolute atomic E-state index is 11.9. The summed E-state index contributed by atoms with van der Waals surface area (Å²) in [5, 5.41) is 2.99. The van der Waals surface area contributed by atoms with E-state index in [2.05, 4.69) is 5.32 Å². The Bertz CT molecular complexity index is 585. The number of benzene rings is 1. The zero-order chi connectivity index (χ0) is 14.8. The lowest BCUT2D eigenvalue weighted by Gasteiger charge is -2.18. The molecule has 106 valence electrons. The van der Waals surface area contributed by atoms with Gasteiger partial charge in [-0.25, -0.2) is 8.42 Å². The average Bonchev–Trinajstić information content (AvgIpc) is 2.26. The fraction of sp³-hybridized carbons (Fsp3) is 0.417. The van der Waals surface area contributed by atoms with Gasteiger partial charge in [0.2, 0.25) is 10.0 Å². The highest BCUT2D eigenvalue weighted by molar-refractivity contribution is 7.92. The van der Waals surface area contributed by atoms with Crippen LogP contribution in [0.25, 0.3) is 0 Å². The Morgan fingerprint density at radius 2 is 1.95 bits per heavy atom. The van der Waals surface area contributed by atoms with Gasteiger partial charge in [0.15, 0.2) is 0 Å². The van der Waals surface area contributed by atoms with E-state index in [0.717, 1.165) is 10.6 Å². The van der Waals surface area contributed by atoms with Crippen LogP contribution in [-0.2, 0) is 10.0 Å². The second-order valence-electron chi connectivity index (χ2n) is 4.52. The van der Waals surface area contributed by atoms with Gasteiger partial charge in [0.05, 0.1) is 22.5 Å². The van der Waals surface area contributed by atoms with Crippen LogP contribution in [0.5, 0.6) is 0 Å². The number of rotatable bonds is 4. The van der Waals surface area contributed by atoms with Crippen LogP contribution in [-0.4, -0.2) is 33.7 Å². The van der Waals surface area contributed by atoms with Crippen LogP contribution < -0.4 is 9.62 Å². The molecule has 0 aliphatic heterocycles. The van der Waals surface area contributed by atoms with Crippen molar-refractivity contribution in [1.29, 1.82) is 0 Å². The van der Waals surface area contributed by atoms with Crippen LogP contribution in [0.2, 0.25) is 5.02 Å². The standard InChI is InChI=1S/C12H17ClN2O3S/c1-8(2)14-12(16)10-7-9(5-6-11(10)13)15(3)19(4,17)18/h5-8H,1-4H3,(H,14,16). The summed E-state index contributed by atoms with van der Waals surface area (Å²) < 4.78 is 24.0. The molecule has 1 N–H and O–H groups in total. The Hall–Kier alpha value is -1.27. The molecule has 0 saturated heterocycles. The SMILES string of the molecule is CC(C)NC(=O)c1cc(N(C)S(C)(=O)=O)ccc1Cl. The molecule has 1 amide bonds. The number of nitrogens with zero attached hydrogens (tertiary/aromatic N) is 1. The van der Waals surface area contributed by atoms with E-state index in [0.29, 0.717) is 5.69 Å². The molecule has 0 radical (unpaired) electrons. The van der Waals surface area contributed by atoms with Crippen LogP contribution in [0.4, 0.5) is 5.69 Å². The van der Waals surface area contributed by atoms with Crippen molar-refractivity contribution in [3.05, 3.63) is 28.8 Å². The highest BCUT2D eigenvalue weighted by Crippen LogP contribution is 2.24. The van der Waals surface area contributed by atoms with E-state index >= 15 is 0 Å². The number of halogens is 1. The van der Waals surface area contributed by atoms with Gasteiger partial charge in [-0.2, -0.15) is 0 Å². The molecular formula is C12H17ClN2O3S. The van der Waals surface area contributed by atoms with Crippen molar-refractivity contribution in [1.82, 2.24) is 5.32 Å². The first-order valence-electron chi connectivity index (χ1n) is 5.67. The van der Waals surface area contributed by atoms with E-state index in [1.165, 1.54) is 19.2 Å². The molecule has 0 saturated carbocycles. The molecule has 19 heavy (non-hydrogen) atoms. The van der Waals surface area contributed by atoms with Crippen molar-refractivity contribution < 1.29 is 13.2 Å². The quantitative estimate of drug-likeness (QED) is 0.923. The zero-order valence-electron chi connectivity index (χ0n) is 11.3. The Balaban J connectivity index is 3.18. The summed E-state index contributed by atoms with van der Waals surface area (Å²) in [6.07, 6.45) is 1.09. The van der Waals surface area contributed by atoms with E-state index in [4.69, 9.17) is 11.6 Å². The Morgan fingerprint density at radius 1 is 1.37 bits per heavy atom. The molecule has 0 aromatic heterocycles. The molecule has 0 aliphatic carbocycles. The summed E-state index contributed by atoms with van der Waals surface area (Å²) in [5.74, 6) is -0.330. The van der Waals surface area contributed by atoms with Gasteiger partial charge in [-0.05, 0) is 32.0 Å². The summed E-state index contributed by atoms with van der Waals surface area (Å²) in [6, 6.07) is 4.49. The van der Waals surface area contributed by atoms with E-state index in [-0.39, 0.29) is 22.5 Å². The van der Waals surface area contributed by atoms with E-state index < -0.39 is 10.0 Å². The first-order chi connectivity index (χ1) is 8.62. The highest BCUT2D eigenvalue weighted by atomic mass is 35.5. The van der Waals surface area contributed by atoms with E-state index in [1.807, 2.05) is 13.8 Å². The molecule has 1 aromatic carbocycles. The van der Waals surface area contributed by atoms with Gasteiger partial charge in [-0.15, -0.1) is 0 Å². The largest absolute Gasteiger partial charge is 0.350 e. The van der Waals surface area contributed by atoms with Gasteiger partial charge in [0.25, 0.3) is 5.91 Å². The first kappa shape index (κ1) is 15.8. The van der Waals surface area contributed by atoms with Crippen molar-refractivity contribution in [3.8, 4) is 0 Å². The molecule has 0 aliphatic rings. The third-order valence-electron chi connectivity index (χ3n) is 2.48. The smallest absolute Gasteiger partial charge is 0.253 e. The Morgan fingerprint density at radius 3 is 2.42 bits per heavy atom. The number of amides is 1. The molecule has 0 unspecified atom stereocenters. The van der Waals surface area contributed by atoms with Crippen molar-refractivity contribution >= 4 is 33.2 Å². The van der Waals surface area contributed by atoms with Gasteiger partial charge in [-0.3, -0.25) is 9.10 Å². The number of nitrogens with one attached hydrogen (secondary N) is 1. The van der Waals surface area contributed by atoms with Gasteiger partial charge < -0.3 is 5.32 Å². The second-order valence-corrected chi connectivity index (χ2v) is 6.94. The lowest BCUT2D eigenvalue weighted by atomic mass is 10.1. The molecular weight excluding hydrogens is 288 g/mol. The Kier molecular flexibility index (Phi) is 4.81. The second kappa shape index (κ2) is 5.79. The number of carbonyl (C=O) groups excluding carboxylic acids is 1. The maximum Gasteiger partial charge on any atom is 0.253 e. The molecule has 0 atom stereocenters. The zero-order valence-corrected chi connectivity index (χ0v) is 12.8. The van der Waals surface area contributed by atoms with Gasteiger partial charge in [0, 0.05) is 13.1 Å². The average molecular weight is 305 g/mol. The van der Waals surface area contributed by atoms with Crippen LogP contribution in [0, 0.1) is 0 Å². The van der Waals surface area contributed by atoms with Crippen LogP contribution in [0.3, 0.4) is 0 Å². The summed E-state index contributed by atoms with van der Waals surface area (Å²) in [6.45, 7) is 3.66. The third-order valence-corrected chi connectivity index (χ3v) is 4.01. The number of hydrogen-bond acceptors (Lipinski definition) is 3. The first-order valence-corrected chi connectivity index (χ1v) is 7.90. The van der Waals surface area contributed by atoms with Gasteiger partial charge in [0.1, 0.15) is 0 Å². The maximum atomic E-state index is 11.9. The molecule has 0 bridgehead atoms.